The molecular formula is C20H32N4O. The SMILES string of the molecule is CNCCN(C)Cc1c[nH]nc1-c1cc(OC(C)C)cc(C(C)C)c1. The Balaban J connectivity index is 2.31. The van der Waals surface area contributed by atoms with E-state index in [-0.39, 0.29) is 6.10 Å². The van der Waals surface area contributed by atoms with Crippen molar-refractivity contribution in [3.63, 3.8) is 0 Å². The van der Waals surface area contributed by atoms with Crippen LogP contribution in [-0.4, -0.2) is 48.4 Å². The molecule has 138 valence electrons. The fraction of sp³-hybridized carbons (Fsp3) is 0.550. The van der Waals surface area contributed by atoms with Crippen molar-refractivity contribution in [3.8, 4) is 17.0 Å². The first-order chi connectivity index (χ1) is 11.9. The van der Waals surface area contributed by atoms with Crippen molar-refractivity contribution in [3.05, 3.63) is 35.5 Å². The Bertz CT molecular complexity index is 663. The smallest absolute Gasteiger partial charge is 0.120 e. The molecule has 0 amide bonds. The number of aromatic nitrogens is 2. The van der Waals surface area contributed by atoms with Gasteiger partial charge in [0.2, 0.25) is 0 Å². The number of rotatable bonds is 9. The summed E-state index contributed by atoms with van der Waals surface area (Å²) >= 11 is 0. The van der Waals surface area contributed by atoms with Gasteiger partial charge >= 0.3 is 0 Å². The molecule has 0 aliphatic heterocycles. The van der Waals surface area contributed by atoms with Gasteiger partial charge in [0.25, 0.3) is 0 Å². The van der Waals surface area contributed by atoms with E-state index in [0.717, 1.165) is 36.6 Å². The van der Waals surface area contributed by atoms with Crippen LogP contribution >= 0.6 is 0 Å². The highest BCUT2D eigenvalue weighted by atomic mass is 16.5. The van der Waals surface area contributed by atoms with Crippen LogP contribution in [0.4, 0.5) is 0 Å². The van der Waals surface area contributed by atoms with Crippen LogP contribution in [0.15, 0.2) is 24.4 Å². The number of H-pyrrole nitrogens is 1. The number of aromatic amines is 1. The molecule has 0 saturated carbocycles. The van der Waals surface area contributed by atoms with Crippen LogP contribution in [0.3, 0.4) is 0 Å². The van der Waals surface area contributed by atoms with Gasteiger partial charge in [0, 0.05) is 37.0 Å². The second-order valence-electron chi connectivity index (χ2n) is 7.21. The lowest BCUT2D eigenvalue weighted by Gasteiger charge is -2.17. The molecule has 1 aromatic heterocycles. The number of nitrogens with one attached hydrogen (secondary N) is 2. The molecule has 0 unspecified atom stereocenters. The number of hydrogen-bond acceptors (Lipinski definition) is 4. The van der Waals surface area contributed by atoms with Gasteiger partial charge in [0.05, 0.1) is 11.8 Å². The highest BCUT2D eigenvalue weighted by Gasteiger charge is 2.14. The molecule has 0 aliphatic rings. The second-order valence-corrected chi connectivity index (χ2v) is 7.21. The zero-order chi connectivity index (χ0) is 18.4. The molecule has 0 radical (unpaired) electrons. The third kappa shape index (κ3) is 5.58. The summed E-state index contributed by atoms with van der Waals surface area (Å²) in [6, 6.07) is 6.46. The molecular weight excluding hydrogens is 312 g/mol. The Hall–Kier alpha value is -1.85. The molecule has 0 bridgehead atoms. The largest absolute Gasteiger partial charge is 0.491 e. The quantitative estimate of drug-likeness (QED) is 0.729. The van der Waals surface area contributed by atoms with E-state index < -0.39 is 0 Å². The highest BCUT2D eigenvalue weighted by Crippen LogP contribution is 2.31. The molecule has 5 heteroatoms. The molecule has 1 aromatic carbocycles. The normalized spacial score (nSPS) is 11.7. The third-order valence-electron chi connectivity index (χ3n) is 4.14. The number of hydrogen-bond donors (Lipinski definition) is 2. The molecule has 2 N–H and O–H groups in total. The zero-order valence-corrected chi connectivity index (χ0v) is 16.4. The average molecular weight is 345 g/mol. The Labute approximate surface area is 151 Å². The molecule has 0 saturated heterocycles. The van der Waals surface area contributed by atoms with E-state index in [2.05, 4.69) is 73.4 Å². The minimum Gasteiger partial charge on any atom is -0.491 e. The molecule has 25 heavy (non-hydrogen) atoms. The monoisotopic (exact) mass is 344 g/mol. The minimum atomic E-state index is 0.154. The summed E-state index contributed by atoms with van der Waals surface area (Å²) in [6.45, 7) is 11.3. The van der Waals surface area contributed by atoms with Crippen molar-refractivity contribution in [2.24, 2.45) is 0 Å². The number of likely N-dealkylation sites (N-methyl/N-ethyl adjacent to an activating group) is 2. The summed E-state index contributed by atoms with van der Waals surface area (Å²) in [5, 5.41) is 10.7. The lowest BCUT2D eigenvalue weighted by atomic mass is 9.98. The van der Waals surface area contributed by atoms with Gasteiger partial charge in [0.15, 0.2) is 0 Å². The zero-order valence-electron chi connectivity index (χ0n) is 16.4. The summed E-state index contributed by atoms with van der Waals surface area (Å²) in [5.41, 5.74) is 4.59. The number of nitrogens with zero attached hydrogens (tertiary/aromatic N) is 2. The van der Waals surface area contributed by atoms with Crippen LogP contribution in [0.25, 0.3) is 11.3 Å². The maximum absolute atomic E-state index is 5.96. The maximum Gasteiger partial charge on any atom is 0.120 e. The Morgan fingerprint density at radius 3 is 2.60 bits per heavy atom. The van der Waals surface area contributed by atoms with Crippen LogP contribution in [0.5, 0.6) is 5.75 Å². The lowest BCUT2D eigenvalue weighted by Crippen LogP contribution is -2.27. The van der Waals surface area contributed by atoms with Crippen molar-refractivity contribution >= 4 is 0 Å². The first kappa shape index (κ1) is 19.5. The molecule has 0 atom stereocenters. The highest BCUT2D eigenvalue weighted by molar-refractivity contribution is 5.65. The predicted molar refractivity (Wildman–Crippen MR) is 104 cm³/mol. The minimum absolute atomic E-state index is 0.154. The third-order valence-corrected chi connectivity index (χ3v) is 4.14. The van der Waals surface area contributed by atoms with Crippen LogP contribution in [-0.2, 0) is 6.54 Å². The van der Waals surface area contributed by atoms with Crippen molar-refractivity contribution < 1.29 is 4.74 Å². The van der Waals surface area contributed by atoms with Crippen LogP contribution in [0.1, 0.15) is 44.7 Å². The van der Waals surface area contributed by atoms with Crippen molar-refractivity contribution in [1.82, 2.24) is 20.4 Å². The van der Waals surface area contributed by atoms with Gasteiger partial charge in [-0.25, -0.2) is 0 Å². The van der Waals surface area contributed by atoms with Crippen LogP contribution in [0.2, 0.25) is 0 Å². The summed E-state index contributed by atoms with van der Waals surface area (Å²) in [7, 11) is 4.11. The van der Waals surface area contributed by atoms with Gasteiger partial charge in [-0.15, -0.1) is 0 Å². The summed E-state index contributed by atoms with van der Waals surface area (Å²) in [6.07, 6.45) is 2.15. The fourth-order valence-electron chi connectivity index (χ4n) is 2.79. The lowest BCUT2D eigenvalue weighted by molar-refractivity contribution is 0.242. The molecule has 0 aliphatic carbocycles. The van der Waals surface area contributed by atoms with Crippen molar-refractivity contribution in [2.75, 3.05) is 27.2 Å². The Morgan fingerprint density at radius 2 is 1.96 bits per heavy atom. The van der Waals surface area contributed by atoms with E-state index >= 15 is 0 Å². The van der Waals surface area contributed by atoms with Gasteiger partial charge in [0.1, 0.15) is 5.75 Å². The molecule has 5 nitrogen and oxygen atoms in total. The number of benzene rings is 1. The molecule has 2 rings (SSSR count). The topological polar surface area (TPSA) is 53.2 Å². The van der Waals surface area contributed by atoms with E-state index in [0.29, 0.717) is 5.92 Å². The van der Waals surface area contributed by atoms with E-state index in [1.165, 1.54) is 11.1 Å². The van der Waals surface area contributed by atoms with Gasteiger partial charge in [-0.1, -0.05) is 13.8 Å². The first-order valence-corrected chi connectivity index (χ1v) is 9.08. The molecule has 0 spiro atoms. The van der Waals surface area contributed by atoms with E-state index in [1.807, 2.05) is 13.2 Å². The Morgan fingerprint density at radius 1 is 1.20 bits per heavy atom. The van der Waals surface area contributed by atoms with Gasteiger partial charge in [-0.3, -0.25) is 5.10 Å². The summed E-state index contributed by atoms with van der Waals surface area (Å²) in [5.74, 6) is 1.35. The Kier molecular flexibility index (Phi) is 7.02. The van der Waals surface area contributed by atoms with Crippen LogP contribution < -0.4 is 10.1 Å². The summed E-state index contributed by atoms with van der Waals surface area (Å²) < 4.78 is 5.96. The standard InChI is InChI=1S/C20H32N4O/c1-14(2)16-9-17(11-19(10-16)25-15(3)4)20-18(12-22-23-20)13-24(6)8-7-21-5/h9-12,14-15,21H,7-8,13H2,1-6H3,(H,22,23). The average Bonchev–Trinajstić information content (AvgIpc) is 3.00. The van der Waals surface area contributed by atoms with Gasteiger partial charge in [-0.05, 0) is 57.6 Å². The van der Waals surface area contributed by atoms with Crippen molar-refractivity contribution in [1.29, 1.82) is 0 Å². The second kappa shape index (κ2) is 9.02. The van der Waals surface area contributed by atoms with Gasteiger partial charge in [-0.2, -0.15) is 5.10 Å². The van der Waals surface area contributed by atoms with Crippen molar-refractivity contribution in [2.45, 2.75) is 46.3 Å². The van der Waals surface area contributed by atoms with Gasteiger partial charge < -0.3 is 15.0 Å². The van der Waals surface area contributed by atoms with Crippen LogP contribution in [0, 0.1) is 0 Å². The maximum atomic E-state index is 5.96. The fourth-order valence-corrected chi connectivity index (χ4v) is 2.79. The molecule has 2 aromatic rings. The molecule has 1 heterocycles. The first-order valence-electron chi connectivity index (χ1n) is 9.08. The van der Waals surface area contributed by atoms with E-state index in [9.17, 15) is 0 Å². The number of ether oxygens (including phenoxy) is 1. The predicted octanol–water partition coefficient (Wildman–Crippen LogP) is 3.64. The summed E-state index contributed by atoms with van der Waals surface area (Å²) in [4.78, 5) is 2.29. The van der Waals surface area contributed by atoms with E-state index in [4.69, 9.17) is 4.74 Å². The van der Waals surface area contributed by atoms with E-state index in [1.54, 1.807) is 0 Å². The molecule has 0 fully saturated rings.